The van der Waals surface area contributed by atoms with Crippen LogP contribution in [0.4, 0.5) is 5.69 Å². The Hall–Kier alpha value is -2.28. The summed E-state index contributed by atoms with van der Waals surface area (Å²) in [7, 11) is 3.22. The molecule has 5 atom stereocenters. The number of carbonyl (C=O) groups is 2. The molecule has 29 heavy (non-hydrogen) atoms. The van der Waals surface area contributed by atoms with Crippen molar-refractivity contribution >= 4 is 17.6 Å². The third-order valence-corrected chi connectivity index (χ3v) is 4.29. The van der Waals surface area contributed by atoms with Gasteiger partial charge < -0.3 is 45.3 Å². The number of anilines is 1. The third-order valence-electron chi connectivity index (χ3n) is 4.29. The molecule has 11 nitrogen and oxygen atoms in total. The standard InChI is InChI=1S/C18H26N2O9/c1-19-6-5-12(21)20-10-7-9(8-27-2)3-4-11(10)28-18-15(24)13(22)14(23)16(29-18)17(25)26/h3-4,7,13-16,18-19,22-24H,5-6,8H2,1-2H3,(H,20,21)(H,25,26). The van der Waals surface area contributed by atoms with Gasteiger partial charge in [0.05, 0.1) is 12.3 Å². The molecule has 1 fully saturated rings. The Morgan fingerprint density at radius 1 is 1.17 bits per heavy atom. The molecule has 0 aromatic heterocycles. The number of nitrogens with one attached hydrogen (secondary N) is 2. The van der Waals surface area contributed by atoms with Gasteiger partial charge in [0, 0.05) is 20.1 Å². The van der Waals surface area contributed by atoms with Gasteiger partial charge in [0.15, 0.2) is 6.10 Å². The molecule has 1 aromatic rings. The Bertz CT molecular complexity index is 715. The summed E-state index contributed by atoms with van der Waals surface area (Å²) in [5.74, 6) is -1.74. The number of rotatable bonds is 9. The van der Waals surface area contributed by atoms with E-state index in [1.807, 2.05) is 0 Å². The minimum atomic E-state index is -1.83. The summed E-state index contributed by atoms with van der Waals surface area (Å²) in [5, 5.41) is 44.5. The Morgan fingerprint density at radius 2 is 1.90 bits per heavy atom. The van der Waals surface area contributed by atoms with E-state index in [0.29, 0.717) is 6.54 Å². The number of carboxylic acid groups (broad SMARTS) is 1. The van der Waals surface area contributed by atoms with Crippen molar-refractivity contribution in [3.8, 4) is 5.75 Å². The van der Waals surface area contributed by atoms with Gasteiger partial charge in [0.1, 0.15) is 24.1 Å². The van der Waals surface area contributed by atoms with Gasteiger partial charge in [-0.05, 0) is 24.7 Å². The number of amides is 1. The zero-order valence-corrected chi connectivity index (χ0v) is 16.1. The molecule has 0 spiro atoms. The molecule has 162 valence electrons. The molecule has 0 aliphatic carbocycles. The van der Waals surface area contributed by atoms with Gasteiger partial charge in [-0.25, -0.2) is 4.79 Å². The second kappa shape index (κ2) is 10.5. The van der Waals surface area contributed by atoms with Gasteiger partial charge in [-0.15, -0.1) is 0 Å². The molecule has 11 heteroatoms. The van der Waals surface area contributed by atoms with E-state index in [9.17, 15) is 24.9 Å². The topological polar surface area (TPSA) is 167 Å². The first kappa shape index (κ1) is 23.0. The van der Waals surface area contributed by atoms with E-state index >= 15 is 0 Å². The molecule has 5 unspecified atom stereocenters. The van der Waals surface area contributed by atoms with Gasteiger partial charge in [-0.2, -0.15) is 0 Å². The molecule has 6 N–H and O–H groups in total. The quantitative estimate of drug-likeness (QED) is 0.284. The van der Waals surface area contributed by atoms with Crippen molar-refractivity contribution in [3.05, 3.63) is 23.8 Å². The lowest BCUT2D eigenvalue weighted by Gasteiger charge is -2.38. The first-order valence-electron chi connectivity index (χ1n) is 8.94. The molecule has 1 amide bonds. The molecule has 0 saturated carbocycles. The molecular formula is C18H26N2O9. The van der Waals surface area contributed by atoms with Gasteiger partial charge in [0.2, 0.25) is 12.2 Å². The highest BCUT2D eigenvalue weighted by atomic mass is 16.7. The number of aliphatic hydroxyl groups excluding tert-OH is 3. The number of aliphatic hydroxyl groups is 3. The van der Waals surface area contributed by atoms with Crippen LogP contribution in [-0.4, -0.2) is 83.7 Å². The number of ether oxygens (including phenoxy) is 3. The van der Waals surface area contributed by atoms with Crippen LogP contribution >= 0.6 is 0 Å². The third kappa shape index (κ3) is 5.85. The average Bonchev–Trinajstić information content (AvgIpc) is 2.68. The second-order valence-corrected chi connectivity index (χ2v) is 6.52. The molecule has 1 saturated heterocycles. The van der Waals surface area contributed by atoms with Crippen LogP contribution in [0, 0.1) is 0 Å². The van der Waals surface area contributed by atoms with Crippen molar-refractivity contribution in [2.75, 3.05) is 26.0 Å². The maximum absolute atomic E-state index is 12.1. The Labute approximate surface area is 167 Å². The van der Waals surface area contributed by atoms with Crippen LogP contribution in [-0.2, 0) is 25.7 Å². The number of benzene rings is 1. The summed E-state index contributed by atoms with van der Waals surface area (Å²) in [6.07, 6.45) is -8.52. The largest absolute Gasteiger partial charge is 0.479 e. The maximum atomic E-state index is 12.1. The first-order valence-corrected chi connectivity index (χ1v) is 8.94. The summed E-state index contributed by atoms with van der Waals surface area (Å²) in [6.45, 7) is 0.725. The van der Waals surface area contributed by atoms with E-state index in [1.165, 1.54) is 13.2 Å². The summed E-state index contributed by atoms with van der Waals surface area (Å²) in [5.41, 5.74) is 0.983. The van der Waals surface area contributed by atoms with Crippen LogP contribution in [0.25, 0.3) is 0 Å². The number of hydrogen-bond acceptors (Lipinski definition) is 9. The predicted octanol–water partition coefficient (Wildman–Crippen LogP) is -1.35. The molecule has 1 aromatic carbocycles. The smallest absolute Gasteiger partial charge is 0.335 e. The van der Waals surface area contributed by atoms with Crippen molar-refractivity contribution in [3.63, 3.8) is 0 Å². The highest BCUT2D eigenvalue weighted by molar-refractivity contribution is 5.92. The average molecular weight is 414 g/mol. The fourth-order valence-corrected chi connectivity index (χ4v) is 2.76. The number of hydrogen-bond donors (Lipinski definition) is 6. The van der Waals surface area contributed by atoms with E-state index in [1.54, 1.807) is 19.2 Å². The molecule has 1 heterocycles. The normalized spacial score (nSPS) is 26.7. The summed E-state index contributed by atoms with van der Waals surface area (Å²) >= 11 is 0. The predicted molar refractivity (Wildman–Crippen MR) is 99.3 cm³/mol. The SMILES string of the molecule is CNCCC(=O)Nc1cc(COC)ccc1OC1OC(C(=O)O)C(O)C(O)C1O. The summed E-state index contributed by atoms with van der Waals surface area (Å²) in [4.78, 5) is 23.4. The van der Waals surface area contributed by atoms with Crippen molar-refractivity contribution in [1.82, 2.24) is 5.32 Å². The van der Waals surface area contributed by atoms with Crippen LogP contribution < -0.4 is 15.4 Å². The first-order chi connectivity index (χ1) is 13.8. The van der Waals surface area contributed by atoms with Crippen LogP contribution in [0.2, 0.25) is 0 Å². The fraction of sp³-hybridized carbons (Fsp3) is 0.556. The molecule has 2 rings (SSSR count). The van der Waals surface area contributed by atoms with Crippen LogP contribution in [0.1, 0.15) is 12.0 Å². The highest BCUT2D eigenvalue weighted by Crippen LogP contribution is 2.31. The maximum Gasteiger partial charge on any atom is 0.335 e. The van der Waals surface area contributed by atoms with E-state index in [-0.39, 0.29) is 30.4 Å². The van der Waals surface area contributed by atoms with E-state index in [0.717, 1.165) is 5.56 Å². The van der Waals surface area contributed by atoms with Crippen molar-refractivity contribution in [2.24, 2.45) is 0 Å². The lowest BCUT2D eigenvalue weighted by atomic mass is 9.99. The molecular weight excluding hydrogens is 388 g/mol. The number of carbonyl (C=O) groups excluding carboxylic acids is 1. The monoisotopic (exact) mass is 414 g/mol. The van der Waals surface area contributed by atoms with Crippen LogP contribution in [0.3, 0.4) is 0 Å². The number of carboxylic acids is 1. The van der Waals surface area contributed by atoms with E-state index in [4.69, 9.17) is 19.3 Å². The number of methoxy groups -OCH3 is 1. The Morgan fingerprint density at radius 3 is 2.52 bits per heavy atom. The van der Waals surface area contributed by atoms with Crippen LogP contribution in [0.5, 0.6) is 5.75 Å². The van der Waals surface area contributed by atoms with Gasteiger partial charge in [-0.3, -0.25) is 4.79 Å². The molecule has 1 aliphatic heterocycles. The lowest BCUT2D eigenvalue weighted by Crippen LogP contribution is -2.61. The second-order valence-electron chi connectivity index (χ2n) is 6.52. The lowest BCUT2D eigenvalue weighted by molar-refractivity contribution is -0.271. The van der Waals surface area contributed by atoms with Crippen molar-refractivity contribution in [1.29, 1.82) is 0 Å². The minimum Gasteiger partial charge on any atom is -0.479 e. The molecule has 0 radical (unpaired) electrons. The zero-order chi connectivity index (χ0) is 21.6. The van der Waals surface area contributed by atoms with Crippen LogP contribution in [0.15, 0.2) is 18.2 Å². The number of aliphatic carboxylic acids is 1. The summed E-state index contributed by atoms with van der Waals surface area (Å²) in [6, 6.07) is 4.74. The van der Waals surface area contributed by atoms with Gasteiger partial charge >= 0.3 is 5.97 Å². The Kier molecular flexibility index (Phi) is 8.32. The Balaban J connectivity index is 2.25. The molecule has 0 bridgehead atoms. The van der Waals surface area contributed by atoms with E-state index < -0.39 is 36.7 Å². The van der Waals surface area contributed by atoms with Crippen molar-refractivity contribution in [2.45, 2.75) is 43.7 Å². The fourth-order valence-electron chi connectivity index (χ4n) is 2.76. The van der Waals surface area contributed by atoms with Gasteiger partial charge in [0.25, 0.3) is 0 Å². The molecule has 1 aliphatic rings. The van der Waals surface area contributed by atoms with Crippen molar-refractivity contribution < 1.29 is 44.2 Å². The summed E-state index contributed by atoms with van der Waals surface area (Å²) < 4.78 is 15.8. The van der Waals surface area contributed by atoms with E-state index in [2.05, 4.69) is 10.6 Å². The highest BCUT2D eigenvalue weighted by Gasteiger charge is 2.48. The van der Waals surface area contributed by atoms with Gasteiger partial charge in [-0.1, -0.05) is 6.07 Å². The zero-order valence-electron chi connectivity index (χ0n) is 16.1. The minimum absolute atomic E-state index is 0.0828.